The van der Waals surface area contributed by atoms with Crippen molar-refractivity contribution in [2.24, 2.45) is 0 Å². The van der Waals surface area contributed by atoms with Crippen LogP contribution in [0.5, 0.6) is 0 Å². The molecule has 7 heteroatoms. The van der Waals surface area contributed by atoms with Gasteiger partial charge in [-0.05, 0) is 66.3 Å². The molecule has 0 unspecified atom stereocenters. The SMILES string of the molecule is Cc1c(F)cc(C(=O)NC2CC2)cc1-c1ccc2c(cnn2CC(=O)NCc2ccccc2)c1. The van der Waals surface area contributed by atoms with Crippen LogP contribution in [-0.4, -0.2) is 27.6 Å². The van der Waals surface area contributed by atoms with E-state index in [-0.39, 0.29) is 24.4 Å². The Labute approximate surface area is 196 Å². The zero-order chi connectivity index (χ0) is 23.7. The standard InChI is InChI=1S/C27H25FN4O2/c1-17-23(12-20(13-24(17)28)27(34)31-22-8-9-22)19-7-10-25-21(11-19)15-30-32(25)16-26(33)29-14-18-5-3-2-4-6-18/h2-7,10-13,15,22H,8-9,14,16H2,1H3,(H,29,33)(H,31,34). The van der Waals surface area contributed by atoms with Gasteiger partial charge in [0.05, 0.1) is 11.7 Å². The summed E-state index contributed by atoms with van der Waals surface area (Å²) in [5.41, 5.74) is 4.08. The number of halogens is 1. The maximum Gasteiger partial charge on any atom is 0.251 e. The summed E-state index contributed by atoms with van der Waals surface area (Å²) in [7, 11) is 0. The molecule has 0 radical (unpaired) electrons. The second kappa shape index (κ2) is 9.09. The third-order valence-corrected chi connectivity index (χ3v) is 6.10. The van der Waals surface area contributed by atoms with Crippen molar-refractivity contribution >= 4 is 22.7 Å². The Morgan fingerprint density at radius 1 is 1.09 bits per heavy atom. The van der Waals surface area contributed by atoms with Crippen molar-refractivity contribution in [1.82, 2.24) is 20.4 Å². The minimum Gasteiger partial charge on any atom is -0.350 e. The quantitative estimate of drug-likeness (QED) is 0.434. The van der Waals surface area contributed by atoms with E-state index in [4.69, 9.17) is 0 Å². The maximum atomic E-state index is 14.7. The van der Waals surface area contributed by atoms with Gasteiger partial charge in [-0.1, -0.05) is 36.4 Å². The van der Waals surface area contributed by atoms with Crippen molar-refractivity contribution in [3.05, 3.63) is 89.4 Å². The van der Waals surface area contributed by atoms with E-state index in [0.717, 1.165) is 34.9 Å². The molecule has 0 atom stereocenters. The second-order valence-corrected chi connectivity index (χ2v) is 8.72. The van der Waals surface area contributed by atoms with E-state index >= 15 is 0 Å². The minimum absolute atomic E-state index is 0.0974. The first-order chi connectivity index (χ1) is 16.5. The van der Waals surface area contributed by atoms with Gasteiger partial charge in [-0.3, -0.25) is 14.3 Å². The molecule has 2 N–H and O–H groups in total. The van der Waals surface area contributed by atoms with E-state index in [2.05, 4.69) is 15.7 Å². The van der Waals surface area contributed by atoms with E-state index in [9.17, 15) is 14.0 Å². The van der Waals surface area contributed by atoms with Crippen molar-refractivity contribution in [3.63, 3.8) is 0 Å². The number of amides is 2. The number of nitrogens with one attached hydrogen (secondary N) is 2. The zero-order valence-electron chi connectivity index (χ0n) is 18.8. The van der Waals surface area contributed by atoms with Crippen molar-refractivity contribution in [2.45, 2.75) is 38.9 Å². The minimum atomic E-state index is -0.413. The summed E-state index contributed by atoms with van der Waals surface area (Å²) >= 11 is 0. The summed E-state index contributed by atoms with van der Waals surface area (Å²) in [6.45, 7) is 2.26. The molecule has 3 aromatic carbocycles. The van der Waals surface area contributed by atoms with E-state index in [1.807, 2.05) is 48.5 Å². The normalized spacial score (nSPS) is 13.1. The summed E-state index contributed by atoms with van der Waals surface area (Å²) in [4.78, 5) is 24.9. The Bertz CT molecular complexity index is 1380. The lowest BCUT2D eigenvalue weighted by Gasteiger charge is -2.12. The highest BCUT2D eigenvalue weighted by atomic mass is 19.1. The third kappa shape index (κ3) is 4.69. The molecule has 6 nitrogen and oxygen atoms in total. The number of nitrogens with zero attached hydrogens (tertiary/aromatic N) is 2. The molecule has 34 heavy (non-hydrogen) atoms. The molecular formula is C27H25FN4O2. The zero-order valence-corrected chi connectivity index (χ0v) is 18.8. The van der Waals surface area contributed by atoms with Crippen LogP contribution in [0.15, 0.2) is 66.9 Å². The molecule has 0 spiro atoms. The van der Waals surface area contributed by atoms with Crippen LogP contribution in [0, 0.1) is 12.7 Å². The summed E-state index contributed by atoms with van der Waals surface area (Å²) in [5.74, 6) is -0.799. The monoisotopic (exact) mass is 456 g/mol. The lowest BCUT2D eigenvalue weighted by molar-refractivity contribution is -0.121. The number of aromatic nitrogens is 2. The molecule has 172 valence electrons. The van der Waals surface area contributed by atoms with Crippen LogP contribution >= 0.6 is 0 Å². The fourth-order valence-electron chi connectivity index (χ4n) is 3.98. The van der Waals surface area contributed by atoms with Gasteiger partial charge in [0.15, 0.2) is 0 Å². The van der Waals surface area contributed by atoms with Gasteiger partial charge >= 0.3 is 0 Å². The molecule has 0 saturated heterocycles. The highest BCUT2D eigenvalue weighted by molar-refractivity contribution is 5.96. The third-order valence-electron chi connectivity index (χ3n) is 6.10. The molecule has 4 aromatic rings. The smallest absolute Gasteiger partial charge is 0.251 e. The number of carbonyl (C=O) groups excluding carboxylic acids is 2. The van der Waals surface area contributed by atoms with Crippen LogP contribution in [0.3, 0.4) is 0 Å². The summed E-state index contributed by atoms with van der Waals surface area (Å²) < 4.78 is 16.3. The average Bonchev–Trinajstić information content (AvgIpc) is 3.58. The summed E-state index contributed by atoms with van der Waals surface area (Å²) in [5, 5.41) is 11.0. The van der Waals surface area contributed by atoms with Gasteiger partial charge in [-0.25, -0.2) is 4.39 Å². The van der Waals surface area contributed by atoms with Crippen LogP contribution in [0.1, 0.15) is 34.3 Å². The lowest BCUT2D eigenvalue weighted by atomic mass is 9.96. The Morgan fingerprint density at radius 3 is 2.65 bits per heavy atom. The first-order valence-corrected chi connectivity index (χ1v) is 11.4. The fraction of sp³-hybridized carbons (Fsp3) is 0.222. The van der Waals surface area contributed by atoms with Crippen LogP contribution in [-0.2, 0) is 17.9 Å². The van der Waals surface area contributed by atoms with E-state index in [1.54, 1.807) is 23.9 Å². The predicted molar refractivity (Wildman–Crippen MR) is 129 cm³/mol. The highest BCUT2D eigenvalue weighted by Crippen LogP contribution is 2.30. The topological polar surface area (TPSA) is 76.0 Å². The number of fused-ring (bicyclic) bond motifs is 1. The van der Waals surface area contributed by atoms with E-state index in [0.29, 0.717) is 23.2 Å². The first kappa shape index (κ1) is 21.8. The molecule has 2 amide bonds. The first-order valence-electron chi connectivity index (χ1n) is 11.4. The molecule has 1 heterocycles. The Hall–Kier alpha value is -4.00. The fourth-order valence-corrected chi connectivity index (χ4v) is 3.98. The van der Waals surface area contributed by atoms with Gasteiger partial charge < -0.3 is 10.6 Å². The summed E-state index contributed by atoms with van der Waals surface area (Å²) in [6.07, 6.45) is 3.63. The molecule has 1 aromatic heterocycles. The van der Waals surface area contributed by atoms with Gasteiger partial charge in [0.1, 0.15) is 12.4 Å². The Balaban J connectivity index is 1.35. The van der Waals surface area contributed by atoms with Crippen LogP contribution in [0.2, 0.25) is 0 Å². The Morgan fingerprint density at radius 2 is 1.88 bits per heavy atom. The molecule has 1 aliphatic rings. The number of rotatable bonds is 7. The summed E-state index contributed by atoms with van der Waals surface area (Å²) in [6, 6.07) is 18.6. The van der Waals surface area contributed by atoms with Gasteiger partial charge in [-0.2, -0.15) is 5.10 Å². The molecule has 1 fully saturated rings. The van der Waals surface area contributed by atoms with Gasteiger partial charge in [-0.15, -0.1) is 0 Å². The van der Waals surface area contributed by atoms with Crippen molar-refractivity contribution < 1.29 is 14.0 Å². The number of benzene rings is 3. The highest BCUT2D eigenvalue weighted by Gasteiger charge is 2.24. The average molecular weight is 457 g/mol. The lowest BCUT2D eigenvalue weighted by Crippen LogP contribution is -2.27. The number of hydrogen-bond donors (Lipinski definition) is 2. The second-order valence-electron chi connectivity index (χ2n) is 8.72. The van der Waals surface area contributed by atoms with E-state index in [1.165, 1.54) is 6.07 Å². The van der Waals surface area contributed by atoms with Crippen molar-refractivity contribution in [2.75, 3.05) is 0 Å². The van der Waals surface area contributed by atoms with Gasteiger partial charge in [0.25, 0.3) is 5.91 Å². The van der Waals surface area contributed by atoms with Gasteiger partial charge in [0.2, 0.25) is 5.91 Å². The van der Waals surface area contributed by atoms with Crippen molar-refractivity contribution in [1.29, 1.82) is 0 Å². The largest absolute Gasteiger partial charge is 0.350 e. The molecule has 1 saturated carbocycles. The molecule has 0 bridgehead atoms. The van der Waals surface area contributed by atoms with E-state index < -0.39 is 5.82 Å². The molecule has 0 aliphatic heterocycles. The molecule has 1 aliphatic carbocycles. The van der Waals surface area contributed by atoms with Crippen LogP contribution < -0.4 is 10.6 Å². The van der Waals surface area contributed by atoms with Gasteiger partial charge in [0, 0.05) is 23.5 Å². The molecule has 5 rings (SSSR count). The number of carbonyl (C=O) groups is 2. The van der Waals surface area contributed by atoms with Crippen LogP contribution in [0.4, 0.5) is 4.39 Å². The number of hydrogen-bond acceptors (Lipinski definition) is 3. The van der Waals surface area contributed by atoms with Crippen molar-refractivity contribution in [3.8, 4) is 11.1 Å². The van der Waals surface area contributed by atoms with Crippen LogP contribution in [0.25, 0.3) is 22.0 Å². The Kier molecular flexibility index (Phi) is 5.84. The predicted octanol–water partition coefficient (Wildman–Crippen LogP) is 4.36. The molecular weight excluding hydrogens is 431 g/mol. The maximum absolute atomic E-state index is 14.7.